The molecular formula is C26H19ClN4O3. The number of nitrogens with one attached hydrogen (secondary N) is 2. The molecule has 0 aromatic heterocycles. The van der Waals surface area contributed by atoms with Gasteiger partial charge in [0.25, 0.3) is 11.8 Å². The van der Waals surface area contributed by atoms with Crippen molar-refractivity contribution in [2.75, 3.05) is 7.11 Å². The molecule has 8 heteroatoms. The van der Waals surface area contributed by atoms with Gasteiger partial charge in [-0.05, 0) is 42.0 Å². The van der Waals surface area contributed by atoms with Crippen LogP contribution in [0.25, 0.3) is 5.70 Å². The molecule has 0 unspecified atom stereocenters. The monoisotopic (exact) mass is 470 g/mol. The minimum absolute atomic E-state index is 0.142. The van der Waals surface area contributed by atoms with Gasteiger partial charge in [0.15, 0.2) is 0 Å². The van der Waals surface area contributed by atoms with Crippen molar-refractivity contribution in [3.05, 3.63) is 106 Å². The van der Waals surface area contributed by atoms with Crippen molar-refractivity contribution in [1.82, 2.24) is 10.6 Å². The summed E-state index contributed by atoms with van der Waals surface area (Å²) < 4.78 is 5.13. The Labute approximate surface area is 201 Å². The Kier molecular flexibility index (Phi) is 6.72. The molecule has 2 N–H and O–H groups in total. The fraction of sp³-hybridized carbons (Fsp3) is 0.0769. The third-order valence-electron chi connectivity index (χ3n) is 5.19. The lowest BCUT2D eigenvalue weighted by molar-refractivity contribution is -0.117. The zero-order valence-corrected chi connectivity index (χ0v) is 18.9. The van der Waals surface area contributed by atoms with E-state index in [1.165, 1.54) is 0 Å². The van der Waals surface area contributed by atoms with E-state index in [-0.39, 0.29) is 29.6 Å². The lowest BCUT2D eigenvalue weighted by Gasteiger charge is -2.07. The lowest BCUT2D eigenvalue weighted by Crippen LogP contribution is -2.30. The van der Waals surface area contributed by atoms with E-state index in [0.717, 1.165) is 5.56 Å². The number of halogens is 1. The summed E-state index contributed by atoms with van der Waals surface area (Å²) in [5.41, 5.74) is 2.52. The third kappa shape index (κ3) is 4.82. The summed E-state index contributed by atoms with van der Waals surface area (Å²) in [6, 6.07) is 22.7. The van der Waals surface area contributed by atoms with Gasteiger partial charge in [0.05, 0.1) is 12.8 Å². The molecule has 0 radical (unpaired) electrons. The van der Waals surface area contributed by atoms with Gasteiger partial charge in [-0.15, -0.1) is 0 Å². The Morgan fingerprint density at radius 3 is 2.32 bits per heavy atom. The molecule has 4 rings (SSSR count). The van der Waals surface area contributed by atoms with Crippen molar-refractivity contribution in [1.29, 1.82) is 5.26 Å². The molecule has 0 bridgehead atoms. The summed E-state index contributed by atoms with van der Waals surface area (Å²) in [6.07, 6.45) is 0. The van der Waals surface area contributed by atoms with Gasteiger partial charge in [-0.25, -0.2) is 4.99 Å². The highest BCUT2D eigenvalue weighted by Crippen LogP contribution is 2.30. The van der Waals surface area contributed by atoms with Crippen LogP contribution in [0, 0.1) is 11.3 Å². The second-order valence-electron chi connectivity index (χ2n) is 7.33. The highest BCUT2D eigenvalue weighted by molar-refractivity contribution is 6.30. The van der Waals surface area contributed by atoms with E-state index in [2.05, 4.69) is 15.6 Å². The Hall–Kier alpha value is -4.41. The Balaban J connectivity index is 1.59. The molecule has 1 heterocycles. The van der Waals surface area contributed by atoms with E-state index < -0.39 is 5.91 Å². The van der Waals surface area contributed by atoms with Crippen LogP contribution in [-0.2, 0) is 11.3 Å². The highest BCUT2D eigenvalue weighted by atomic mass is 35.5. The maximum Gasteiger partial charge on any atom is 0.264 e. The van der Waals surface area contributed by atoms with Gasteiger partial charge < -0.3 is 15.4 Å². The van der Waals surface area contributed by atoms with E-state index in [9.17, 15) is 14.9 Å². The number of ether oxygens (including phenoxy) is 1. The molecule has 1 aliphatic rings. The van der Waals surface area contributed by atoms with Crippen molar-refractivity contribution in [3.63, 3.8) is 0 Å². The van der Waals surface area contributed by atoms with E-state index in [4.69, 9.17) is 16.3 Å². The molecule has 3 aromatic carbocycles. The molecule has 0 aliphatic carbocycles. The normalized spacial score (nSPS) is 13.3. The van der Waals surface area contributed by atoms with Crippen LogP contribution in [0.1, 0.15) is 27.0 Å². The SMILES string of the molecule is COc1ccc(CNC(=O)C(C#N)=C2N=C(NC(=O)c3ccc(Cl)cc3)c3ccccc32)cc1. The molecule has 7 nitrogen and oxygen atoms in total. The van der Waals surface area contributed by atoms with Crippen LogP contribution in [0.2, 0.25) is 5.02 Å². The number of aliphatic imine (C=N–C) groups is 1. The maximum atomic E-state index is 12.9. The summed E-state index contributed by atoms with van der Waals surface area (Å²) in [4.78, 5) is 30.0. The van der Waals surface area contributed by atoms with Crippen LogP contribution >= 0.6 is 11.6 Å². The predicted octanol–water partition coefficient (Wildman–Crippen LogP) is 4.09. The van der Waals surface area contributed by atoms with Crippen LogP contribution in [0.3, 0.4) is 0 Å². The maximum absolute atomic E-state index is 12.9. The standard InChI is InChI=1S/C26H19ClN4O3/c1-34-19-12-6-16(7-13-19)15-29-26(33)22(14-28)23-20-4-2-3-5-21(20)24(30-23)31-25(32)17-8-10-18(27)11-9-17/h2-13H,15H2,1H3,(H,29,33)(H,30,31,32). The van der Waals surface area contributed by atoms with Gasteiger partial charge in [-0.2, -0.15) is 5.26 Å². The third-order valence-corrected chi connectivity index (χ3v) is 5.44. The summed E-state index contributed by atoms with van der Waals surface area (Å²) in [5, 5.41) is 15.8. The minimum atomic E-state index is -0.558. The van der Waals surface area contributed by atoms with Crippen LogP contribution in [0.5, 0.6) is 5.75 Å². The Morgan fingerprint density at radius 1 is 1.00 bits per heavy atom. The van der Waals surface area contributed by atoms with Gasteiger partial charge in [-0.1, -0.05) is 48.0 Å². The van der Waals surface area contributed by atoms with Crippen LogP contribution < -0.4 is 15.4 Å². The minimum Gasteiger partial charge on any atom is -0.497 e. The molecular weight excluding hydrogens is 452 g/mol. The number of hydrogen-bond acceptors (Lipinski definition) is 5. The number of rotatable bonds is 5. The Bertz CT molecular complexity index is 1350. The predicted molar refractivity (Wildman–Crippen MR) is 129 cm³/mol. The van der Waals surface area contributed by atoms with Gasteiger partial charge in [-0.3, -0.25) is 9.59 Å². The largest absolute Gasteiger partial charge is 0.497 e. The zero-order chi connectivity index (χ0) is 24.1. The fourth-order valence-corrected chi connectivity index (χ4v) is 3.55. The molecule has 3 aromatic rings. The van der Waals surface area contributed by atoms with Crippen molar-refractivity contribution >= 4 is 34.9 Å². The molecule has 1 aliphatic heterocycles. The van der Waals surface area contributed by atoms with Crippen molar-refractivity contribution in [2.45, 2.75) is 6.54 Å². The highest BCUT2D eigenvalue weighted by Gasteiger charge is 2.27. The van der Waals surface area contributed by atoms with Crippen molar-refractivity contribution in [2.24, 2.45) is 4.99 Å². The number of amides is 2. The van der Waals surface area contributed by atoms with E-state index >= 15 is 0 Å². The molecule has 0 spiro atoms. The van der Waals surface area contributed by atoms with Crippen LogP contribution in [-0.4, -0.2) is 24.8 Å². The van der Waals surface area contributed by atoms with Crippen LogP contribution in [0.4, 0.5) is 0 Å². The second-order valence-corrected chi connectivity index (χ2v) is 7.77. The number of carbonyl (C=O) groups excluding carboxylic acids is 2. The fourth-order valence-electron chi connectivity index (χ4n) is 3.42. The lowest BCUT2D eigenvalue weighted by atomic mass is 10.0. The smallest absolute Gasteiger partial charge is 0.264 e. The number of benzene rings is 3. The number of carbonyl (C=O) groups is 2. The first-order valence-corrected chi connectivity index (χ1v) is 10.7. The number of methoxy groups -OCH3 is 1. The number of nitriles is 1. The van der Waals surface area contributed by atoms with Gasteiger partial charge in [0.2, 0.25) is 0 Å². The number of amidine groups is 1. The van der Waals surface area contributed by atoms with Gasteiger partial charge in [0, 0.05) is 28.3 Å². The second kappa shape index (κ2) is 10.0. The first kappa shape index (κ1) is 22.8. The quantitative estimate of drug-likeness (QED) is 0.433. The van der Waals surface area contributed by atoms with E-state index in [1.54, 1.807) is 67.8 Å². The average molecular weight is 471 g/mol. The summed E-state index contributed by atoms with van der Waals surface area (Å²) in [6.45, 7) is 0.229. The summed E-state index contributed by atoms with van der Waals surface area (Å²) >= 11 is 5.90. The van der Waals surface area contributed by atoms with Gasteiger partial charge >= 0.3 is 0 Å². The summed E-state index contributed by atoms with van der Waals surface area (Å²) in [5.74, 6) is 0.0346. The Morgan fingerprint density at radius 2 is 1.68 bits per heavy atom. The number of nitrogens with zero attached hydrogens (tertiary/aromatic N) is 2. The first-order valence-electron chi connectivity index (χ1n) is 10.3. The average Bonchev–Trinajstić information content (AvgIpc) is 3.22. The number of fused-ring (bicyclic) bond motifs is 1. The topological polar surface area (TPSA) is 104 Å². The van der Waals surface area contributed by atoms with Crippen molar-refractivity contribution < 1.29 is 14.3 Å². The van der Waals surface area contributed by atoms with Crippen LogP contribution in [0.15, 0.2) is 83.4 Å². The molecule has 168 valence electrons. The molecule has 0 saturated carbocycles. The summed E-state index contributed by atoms with van der Waals surface area (Å²) in [7, 11) is 1.58. The number of hydrogen-bond donors (Lipinski definition) is 2. The molecule has 2 amide bonds. The van der Waals surface area contributed by atoms with E-state index in [1.807, 2.05) is 18.2 Å². The zero-order valence-electron chi connectivity index (χ0n) is 18.1. The van der Waals surface area contributed by atoms with Crippen molar-refractivity contribution in [3.8, 4) is 11.8 Å². The molecule has 0 atom stereocenters. The molecule has 0 saturated heterocycles. The first-order chi connectivity index (χ1) is 16.5. The van der Waals surface area contributed by atoms with E-state index in [0.29, 0.717) is 27.5 Å². The molecule has 34 heavy (non-hydrogen) atoms. The van der Waals surface area contributed by atoms with Gasteiger partial charge in [0.1, 0.15) is 23.2 Å². The molecule has 0 fully saturated rings.